The summed E-state index contributed by atoms with van der Waals surface area (Å²) in [6, 6.07) is 15.3. The fraction of sp³-hybridized carbons (Fsp3) is 0.292. The largest absolute Gasteiger partial charge is 0.497 e. The van der Waals surface area contributed by atoms with Crippen LogP contribution in [0.5, 0.6) is 5.75 Å². The minimum absolute atomic E-state index is 0.0965. The zero-order chi connectivity index (χ0) is 23.4. The van der Waals surface area contributed by atoms with Gasteiger partial charge in [0, 0.05) is 30.6 Å². The number of aromatic nitrogens is 1. The van der Waals surface area contributed by atoms with Crippen molar-refractivity contribution in [3.05, 3.63) is 81.3 Å². The van der Waals surface area contributed by atoms with Gasteiger partial charge in [0.05, 0.1) is 13.7 Å². The maximum atomic E-state index is 12.6. The molecule has 3 N–H and O–H groups in total. The highest BCUT2D eigenvalue weighted by atomic mass is 32.1. The molecule has 9 heteroatoms. The van der Waals surface area contributed by atoms with Crippen LogP contribution in [-0.2, 0) is 35.6 Å². The number of ether oxygens (including phenoxy) is 1. The Morgan fingerprint density at radius 3 is 2.39 bits per heavy atom. The summed E-state index contributed by atoms with van der Waals surface area (Å²) in [5.74, 6) is -0.704. The van der Waals surface area contributed by atoms with Gasteiger partial charge in [0.15, 0.2) is 12.2 Å². The quantitative estimate of drug-likeness (QED) is 0.464. The van der Waals surface area contributed by atoms with Crippen molar-refractivity contribution in [2.45, 2.75) is 38.3 Å². The molecule has 0 aliphatic carbocycles. The average molecular weight is 468 g/mol. The molecule has 0 spiro atoms. The second-order valence-corrected chi connectivity index (χ2v) is 9.02. The first-order valence-corrected chi connectivity index (χ1v) is 11.3. The molecule has 0 unspecified atom stereocenters. The van der Waals surface area contributed by atoms with E-state index < -0.39 is 24.0 Å². The predicted octanol–water partition coefficient (Wildman–Crippen LogP) is 1.62. The van der Waals surface area contributed by atoms with E-state index in [4.69, 9.17) is 4.74 Å². The molecule has 1 aliphatic heterocycles. The second kappa shape index (κ2) is 10.1. The number of nitrogens with one attached hydrogen (secondary N) is 1. The standard InChI is InChI=1S/C24H25N3O5S/c1-32-18-8-6-15(7-9-18)10-19-11-25-20(33-19)12-26-23(30)21(28)22(29)24(31)27-13-16-4-2-3-5-17(16)14-27/h2-9,11,21-22,28-29H,10,12-14H2,1H3,(H,26,30)/t21-,22-/m1/s1. The number of carbonyl (C=O) groups excluding carboxylic acids is 2. The molecule has 0 fully saturated rings. The lowest BCUT2D eigenvalue weighted by Crippen LogP contribution is -2.49. The maximum absolute atomic E-state index is 12.6. The van der Waals surface area contributed by atoms with E-state index in [0.717, 1.165) is 27.3 Å². The monoisotopic (exact) mass is 467 g/mol. The molecule has 172 valence electrons. The van der Waals surface area contributed by atoms with Gasteiger partial charge < -0.3 is 25.2 Å². The first-order chi connectivity index (χ1) is 15.9. The summed E-state index contributed by atoms with van der Waals surface area (Å²) >= 11 is 1.44. The highest BCUT2D eigenvalue weighted by Gasteiger charge is 2.35. The summed E-state index contributed by atoms with van der Waals surface area (Å²) in [7, 11) is 1.62. The Morgan fingerprint density at radius 2 is 1.76 bits per heavy atom. The molecule has 2 amide bonds. The van der Waals surface area contributed by atoms with Crippen LogP contribution in [0.3, 0.4) is 0 Å². The van der Waals surface area contributed by atoms with Crippen LogP contribution in [-0.4, -0.2) is 51.2 Å². The third kappa shape index (κ3) is 5.39. The van der Waals surface area contributed by atoms with Crippen LogP contribution in [0.2, 0.25) is 0 Å². The van der Waals surface area contributed by atoms with Crippen molar-refractivity contribution < 1.29 is 24.5 Å². The molecule has 0 bridgehead atoms. The Morgan fingerprint density at radius 1 is 1.09 bits per heavy atom. The van der Waals surface area contributed by atoms with Gasteiger partial charge in [-0.2, -0.15) is 0 Å². The number of thiazole rings is 1. The van der Waals surface area contributed by atoms with E-state index >= 15 is 0 Å². The van der Waals surface area contributed by atoms with Crippen LogP contribution in [0, 0.1) is 0 Å². The van der Waals surface area contributed by atoms with Crippen molar-refractivity contribution >= 4 is 23.2 Å². The number of carbonyl (C=O) groups is 2. The summed E-state index contributed by atoms with van der Waals surface area (Å²) in [4.78, 5) is 31.6. The minimum atomic E-state index is -1.86. The van der Waals surface area contributed by atoms with Crippen molar-refractivity contribution in [2.24, 2.45) is 0 Å². The molecular formula is C24H25N3O5S. The van der Waals surface area contributed by atoms with Crippen LogP contribution >= 0.6 is 11.3 Å². The molecule has 2 heterocycles. The SMILES string of the molecule is COc1ccc(Cc2cnc(CNC(=O)[C@H](O)[C@@H](O)C(=O)N3Cc4ccccc4C3)s2)cc1. The van der Waals surface area contributed by atoms with Crippen LogP contribution < -0.4 is 10.1 Å². The second-order valence-electron chi connectivity index (χ2n) is 7.82. The topological polar surface area (TPSA) is 112 Å². The predicted molar refractivity (Wildman–Crippen MR) is 122 cm³/mol. The number of hydrogen-bond acceptors (Lipinski definition) is 7. The molecule has 3 aromatic rings. The highest BCUT2D eigenvalue weighted by molar-refractivity contribution is 7.11. The number of amides is 2. The average Bonchev–Trinajstić information content (AvgIpc) is 3.48. The van der Waals surface area contributed by atoms with Gasteiger partial charge in [0.1, 0.15) is 10.8 Å². The van der Waals surface area contributed by atoms with E-state index in [1.165, 1.54) is 16.2 Å². The fourth-order valence-electron chi connectivity index (χ4n) is 3.68. The van der Waals surface area contributed by atoms with Gasteiger partial charge in [-0.1, -0.05) is 36.4 Å². The van der Waals surface area contributed by atoms with E-state index in [2.05, 4.69) is 10.3 Å². The van der Waals surface area contributed by atoms with Gasteiger partial charge in [-0.15, -0.1) is 11.3 Å². The molecule has 4 rings (SSSR count). The minimum Gasteiger partial charge on any atom is -0.497 e. The number of methoxy groups -OCH3 is 1. The Hall–Kier alpha value is -3.27. The third-order valence-electron chi connectivity index (χ3n) is 5.53. The van der Waals surface area contributed by atoms with E-state index in [9.17, 15) is 19.8 Å². The fourth-order valence-corrected chi connectivity index (χ4v) is 4.57. The number of aliphatic hydroxyl groups is 2. The smallest absolute Gasteiger partial charge is 0.255 e. The highest BCUT2D eigenvalue weighted by Crippen LogP contribution is 2.23. The number of hydrogen-bond donors (Lipinski definition) is 3. The zero-order valence-corrected chi connectivity index (χ0v) is 18.9. The third-order valence-corrected chi connectivity index (χ3v) is 6.52. The number of rotatable bonds is 8. The summed E-state index contributed by atoms with van der Waals surface area (Å²) in [6.45, 7) is 0.784. The first-order valence-electron chi connectivity index (χ1n) is 10.5. The molecule has 1 aromatic heterocycles. The lowest BCUT2D eigenvalue weighted by atomic mass is 10.1. The summed E-state index contributed by atoms with van der Waals surface area (Å²) in [5, 5.41) is 23.7. The molecule has 8 nitrogen and oxygen atoms in total. The Balaban J connectivity index is 1.27. The lowest BCUT2D eigenvalue weighted by molar-refractivity contribution is -0.153. The molecule has 2 atom stereocenters. The van der Waals surface area contributed by atoms with E-state index in [-0.39, 0.29) is 6.54 Å². The van der Waals surface area contributed by atoms with Gasteiger partial charge in [0.25, 0.3) is 11.8 Å². The van der Waals surface area contributed by atoms with Crippen molar-refractivity contribution in [1.82, 2.24) is 15.2 Å². The zero-order valence-electron chi connectivity index (χ0n) is 18.1. The van der Waals surface area contributed by atoms with Gasteiger partial charge in [0.2, 0.25) is 0 Å². The summed E-state index contributed by atoms with van der Waals surface area (Å²) < 4.78 is 5.16. The Kier molecular flexibility index (Phi) is 7.02. The normalized spacial score (nSPS) is 14.5. The van der Waals surface area contributed by atoms with Crippen molar-refractivity contribution in [3.63, 3.8) is 0 Å². The molecule has 33 heavy (non-hydrogen) atoms. The van der Waals surface area contributed by atoms with Crippen LogP contribution in [0.15, 0.2) is 54.7 Å². The van der Waals surface area contributed by atoms with E-state index in [0.29, 0.717) is 24.5 Å². The van der Waals surface area contributed by atoms with Gasteiger partial charge in [-0.25, -0.2) is 4.98 Å². The number of nitrogens with zero attached hydrogens (tertiary/aromatic N) is 2. The van der Waals surface area contributed by atoms with Crippen LogP contribution in [0.4, 0.5) is 0 Å². The van der Waals surface area contributed by atoms with Crippen molar-refractivity contribution in [3.8, 4) is 5.75 Å². The molecule has 0 saturated heterocycles. The molecule has 1 aliphatic rings. The Bertz CT molecular complexity index is 1110. The molecular weight excluding hydrogens is 442 g/mol. The van der Waals surface area contributed by atoms with Gasteiger partial charge >= 0.3 is 0 Å². The molecule has 2 aromatic carbocycles. The lowest BCUT2D eigenvalue weighted by Gasteiger charge is -2.22. The maximum Gasteiger partial charge on any atom is 0.255 e. The number of aliphatic hydroxyl groups excluding tert-OH is 2. The van der Waals surface area contributed by atoms with Crippen molar-refractivity contribution in [1.29, 1.82) is 0 Å². The van der Waals surface area contributed by atoms with Crippen molar-refractivity contribution in [2.75, 3.05) is 7.11 Å². The first kappa shape index (κ1) is 22.9. The van der Waals surface area contributed by atoms with Gasteiger partial charge in [-0.3, -0.25) is 9.59 Å². The van der Waals surface area contributed by atoms with E-state index in [1.807, 2.05) is 48.5 Å². The summed E-state index contributed by atoms with van der Waals surface area (Å²) in [5.41, 5.74) is 3.09. The van der Waals surface area contributed by atoms with Gasteiger partial charge in [-0.05, 0) is 28.8 Å². The summed E-state index contributed by atoms with van der Waals surface area (Å²) in [6.07, 6.45) is -1.25. The Labute approximate surface area is 195 Å². The van der Waals surface area contributed by atoms with Crippen LogP contribution in [0.25, 0.3) is 0 Å². The number of benzene rings is 2. The molecule has 0 saturated carbocycles. The van der Waals surface area contributed by atoms with E-state index in [1.54, 1.807) is 13.3 Å². The van der Waals surface area contributed by atoms with Crippen LogP contribution in [0.1, 0.15) is 26.6 Å². The molecule has 0 radical (unpaired) electrons. The number of fused-ring (bicyclic) bond motifs is 1.